The number of rotatable bonds is 6. The SMILES string of the molecule is NC(=O)c1ccc(CNCCc2cnc[nH]2)cc1. The van der Waals surface area contributed by atoms with Gasteiger partial charge in [-0.2, -0.15) is 0 Å². The first-order valence-electron chi connectivity index (χ1n) is 5.82. The first-order chi connectivity index (χ1) is 8.75. The summed E-state index contributed by atoms with van der Waals surface area (Å²) in [5, 5.41) is 3.32. The standard InChI is InChI=1S/C13H16N4O/c14-13(18)11-3-1-10(2-4-11)7-15-6-5-12-8-16-9-17-12/h1-4,8-9,15H,5-7H2,(H2,14,18)(H,16,17). The van der Waals surface area contributed by atoms with E-state index in [2.05, 4.69) is 15.3 Å². The van der Waals surface area contributed by atoms with E-state index in [1.807, 2.05) is 18.3 Å². The molecule has 5 nitrogen and oxygen atoms in total. The van der Waals surface area contributed by atoms with E-state index in [0.717, 1.165) is 30.8 Å². The highest BCUT2D eigenvalue weighted by molar-refractivity contribution is 5.92. The molecule has 0 saturated heterocycles. The fourth-order valence-electron chi connectivity index (χ4n) is 1.66. The number of amides is 1. The summed E-state index contributed by atoms with van der Waals surface area (Å²) in [7, 11) is 0. The molecule has 1 aromatic carbocycles. The number of nitrogens with one attached hydrogen (secondary N) is 2. The molecule has 1 amide bonds. The summed E-state index contributed by atoms with van der Waals surface area (Å²) in [5.74, 6) is -0.395. The van der Waals surface area contributed by atoms with Gasteiger partial charge in [-0.1, -0.05) is 12.1 Å². The molecule has 1 aromatic heterocycles. The van der Waals surface area contributed by atoms with Crippen LogP contribution in [-0.4, -0.2) is 22.4 Å². The number of aromatic amines is 1. The topological polar surface area (TPSA) is 83.8 Å². The molecule has 0 bridgehead atoms. The summed E-state index contributed by atoms with van der Waals surface area (Å²) in [6, 6.07) is 7.30. The predicted molar refractivity (Wildman–Crippen MR) is 69.0 cm³/mol. The molecule has 2 aromatic rings. The number of carbonyl (C=O) groups excluding carboxylic acids is 1. The second-order valence-corrected chi connectivity index (χ2v) is 4.06. The van der Waals surface area contributed by atoms with Crippen LogP contribution >= 0.6 is 0 Å². The zero-order valence-corrected chi connectivity index (χ0v) is 10.0. The zero-order chi connectivity index (χ0) is 12.8. The Morgan fingerprint density at radius 1 is 1.33 bits per heavy atom. The summed E-state index contributed by atoms with van der Waals surface area (Å²) >= 11 is 0. The van der Waals surface area contributed by atoms with Crippen LogP contribution in [0.2, 0.25) is 0 Å². The van der Waals surface area contributed by atoms with Gasteiger partial charge in [-0.05, 0) is 17.7 Å². The fraction of sp³-hybridized carbons (Fsp3) is 0.231. The first-order valence-corrected chi connectivity index (χ1v) is 5.82. The first kappa shape index (κ1) is 12.3. The van der Waals surface area contributed by atoms with Crippen LogP contribution in [-0.2, 0) is 13.0 Å². The van der Waals surface area contributed by atoms with Gasteiger partial charge in [-0.25, -0.2) is 4.98 Å². The number of H-pyrrole nitrogens is 1. The van der Waals surface area contributed by atoms with Crippen LogP contribution in [0.25, 0.3) is 0 Å². The van der Waals surface area contributed by atoms with Crippen LogP contribution in [0, 0.1) is 0 Å². The van der Waals surface area contributed by atoms with Gasteiger partial charge in [0.25, 0.3) is 0 Å². The molecule has 94 valence electrons. The van der Waals surface area contributed by atoms with Gasteiger partial charge in [0.2, 0.25) is 5.91 Å². The Hall–Kier alpha value is -2.14. The van der Waals surface area contributed by atoms with E-state index in [4.69, 9.17) is 5.73 Å². The van der Waals surface area contributed by atoms with E-state index < -0.39 is 5.91 Å². The molecule has 0 atom stereocenters. The predicted octanol–water partition coefficient (Wildman–Crippen LogP) is 0.841. The number of nitrogens with zero attached hydrogens (tertiary/aromatic N) is 1. The van der Waals surface area contributed by atoms with Crippen molar-refractivity contribution in [2.75, 3.05) is 6.54 Å². The maximum absolute atomic E-state index is 10.9. The monoisotopic (exact) mass is 244 g/mol. The Balaban J connectivity index is 1.75. The molecule has 18 heavy (non-hydrogen) atoms. The molecule has 1 heterocycles. The summed E-state index contributed by atoms with van der Waals surface area (Å²) < 4.78 is 0. The number of nitrogens with two attached hydrogens (primary N) is 1. The van der Waals surface area contributed by atoms with Gasteiger partial charge in [-0.3, -0.25) is 4.79 Å². The van der Waals surface area contributed by atoms with Crippen molar-refractivity contribution in [3.63, 3.8) is 0 Å². The Bertz CT molecular complexity index is 490. The zero-order valence-electron chi connectivity index (χ0n) is 10.0. The Morgan fingerprint density at radius 3 is 2.72 bits per heavy atom. The number of aromatic nitrogens is 2. The van der Waals surface area contributed by atoms with Crippen LogP contribution in [0.3, 0.4) is 0 Å². The normalized spacial score (nSPS) is 10.4. The minimum absolute atomic E-state index is 0.395. The van der Waals surface area contributed by atoms with Crippen LogP contribution in [0.5, 0.6) is 0 Å². The van der Waals surface area contributed by atoms with E-state index in [9.17, 15) is 4.79 Å². The van der Waals surface area contributed by atoms with Crippen LogP contribution in [0.15, 0.2) is 36.8 Å². The molecule has 4 N–H and O–H groups in total. The Labute approximate surface area is 105 Å². The average Bonchev–Trinajstić information content (AvgIpc) is 2.88. The van der Waals surface area contributed by atoms with Gasteiger partial charge in [-0.15, -0.1) is 0 Å². The maximum Gasteiger partial charge on any atom is 0.248 e. The van der Waals surface area contributed by atoms with Gasteiger partial charge < -0.3 is 16.0 Å². The maximum atomic E-state index is 10.9. The number of carbonyl (C=O) groups is 1. The Kier molecular flexibility index (Phi) is 4.09. The fourth-order valence-corrected chi connectivity index (χ4v) is 1.66. The third-order valence-electron chi connectivity index (χ3n) is 2.69. The summed E-state index contributed by atoms with van der Waals surface area (Å²) in [5.41, 5.74) is 7.96. The van der Waals surface area contributed by atoms with Crippen LogP contribution in [0.4, 0.5) is 0 Å². The molecular weight excluding hydrogens is 228 g/mol. The third-order valence-corrected chi connectivity index (χ3v) is 2.69. The minimum atomic E-state index is -0.395. The molecule has 0 spiro atoms. The molecule has 0 aliphatic carbocycles. The van der Waals surface area contributed by atoms with Crippen molar-refractivity contribution in [2.24, 2.45) is 5.73 Å². The van der Waals surface area contributed by atoms with E-state index in [0.29, 0.717) is 5.56 Å². The lowest BCUT2D eigenvalue weighted by Gasteiger charge is -2.04. The second kappa shape index (κ2) is 5.97. The molecule has 0 fully saturated rings. The van der Waals surface area contributed by atoms with Crippen molar-refractivity contribution in [2.45, 2.75) is 13.0 Å². The van der Waals surface area contributed by atoms with Crippen molar-refractivity contribution in [1.82, 2.24) is 15.3 Å². The van der Waals surface area contributed by atoms with Crippen LogP contribution < -0.4 is 11.1 Å². The van der Waals surface area contributed by atoms with E-state index in [1.165, 1.54) is 0 Å². The van der Waals surface area contributed by atoms with Crippen molar-refractivity contribution < 1.29 is 4.79 Å². The highest BCUT2D eigenvalue weighted by atomic mass is 16.1. The van der Waals surface area contributed by atoms with Gasteiger partial charge in [0.15, 0.2) is 0 Å². The van der Waals surface area contributed by atoms with E-state index in [-0.39, 0.29) is 0 Å². The van der Waals surface area contributed by atoms with Gasteiger partial charge >= 0.3 is 0 Å². The number of imidazole rings is 1. The second-order valence-electron chi connectivity index (χ2n) is 4.06. The Morgan fingerprint density at radius 2 is 2.11 bits per heavy atom. The lowest BCUT2D eigenvalue weighted by molar-refractivity contribution is 0.100. The third kappa shape index (κ3) is 3.43. The summed E-state index contributed by atoms with van der Waals surface area (Å²) in [6.45, 7) is 1.65. The van der Waals surface area contributed by atoms with Gasteiger partial charge in [0, 0.05) is 37.0 Å². The number of benzene rings is 1. The summed E-state index contributed by atoms with van der Waals surface area (Å²) in [6.07, 6.45) is 4.42. The van der Waals surface area contributed by atoms with Gasteiger partial charge in [0.05, 0.1) is 6.33 Å². The number of primary amides is 1. The highest BCUT2D eigenvalue weighted by Crippen LogP contribution is 2.03. The number of hydrogen-bond acceptors (Lipinski definition) is 3. The quantitative estimate of drug-likeness (QED) is 0.658. The van der Waals surface area contributed by atoms with E-state index >= 15 is 0 Å². The molecule has 0 radical (unpaired) electrons. The largest absolute Gasteiger partial charge is 0.366 e. The smallest absolute Gasteiger partial charge is 0.248 e. The van der Waals surface area contributed by atoms with Crippen molar-refractivity contribution in [1.29, 1.82) is 0 Å². The van der Waals surface area contributed by atoms with Crippen molar-refractivity contribution >= 4 is 5.91 Å². The van der Waals surface area contributed by atoms with Crippen LogP contribution in [0.1, 0.15) is 21.6 Å². The summed E-state index contributed by atoms with van der Waals surface area (Å²) in [4.78, 5) is 17.9. The average molecular weight is 244 g/mol. The molecule has 0 unspecified atom stereocenters. The molecule has 2 rings (SSSR count). The van der Waals surface area contributed by atoms with Crippen molar-refractivity contribution in [3.8, 4) is 0 Å². The lowest BCUT2D eigenvalue weighted by Crippen LogP contribution is -2.17. The highest BCUT2D eigenvalue weighted by Gasteiger charge is 1.99. The van der Waals surface area contributed by atoms with Gasteiger partial charge in [0.1, 0.15) is 0 Å². The molecule has 0 aliphatic heterocycles. The molecule has 0 saturated carbocycles. The van der Waals surface area contributed by atoms with E-state index in [1.54, 1.807) is 18.5 Å². The number of hydrogen-bond donors (Lipinski definition) is 3. The lowest BCUT2D eigenvalue weighted by atomic mass is 10.1. The molecule has 5 heteroatoms. The van der Waals surface area contributed by atoms with Crippen molar-refractivity contribution in [3.05, 3.63) is 53.6 Å². The molecular formula is C13H16N4O. The molecule has 0 aliphatic rings. The minimum Gasteiger partial charge on any atom is -0.366 e.